The van der Waals surface area contributed by atoms with Crippen LogP contribution in [0.1, 0.15) is 31.7 Å². The first kappa shape index (κ1) is 13.9. The van der Waals surface area contributed by atoms with Gasteiger partial charge >= 0.3 is 0 Å². The van der Waals surface area contributed by atoms with Crippen LogP contribution in [0.5, 0.6) is 0 Å². The molecule has 4 N–H and O–H groups in total. The number of amides is 1. The fourth-order valence-electron chi connectivity index (χ4n) is 2.40. The molecule has 1 aliphatic rings. The van der Waals surface area contributed by atoms with Gasteiger partial charge in [0, 0.05) is 6.04 Å². The molecule has 0 radical (unpaired) electrons. The summed E-state index contributed by atoms with van der Waals surface area (Å²) < 4.78 is 0. The Bertz CT molecular complexity index is 466. The third-order valence-corrected chi connectivity index (χ3v) is 4.47. The van der Waals surface area contributed by atoms with E-state index < -0.39 is 5.41 Å². The van der Waals surface area contributed by atoms with Crippen molar-refractivity contribution in [1.82, 2.24) is 5.32 Å². The van der Waals surface area contributed by atoms with Gasteiger partial charge in [-0.25, -0.2) is 0 Å². The van der Waals surface area contributed by atoms with E-state index in [0.717, 1.165) is 12.8 Å². The van der Waals surface area contributed by atoms with Crippen LogP contribution in [-0.4, -0.2) is 23.0 Å². The highest BCUT2D eigenvalue weighted by Gasteiger charge is 2.48. The number of nitrogens with two attached hydrogens (primary N) is 1. The molecule has 0 spiro atoms. The Morgan fingerprint density at radius 2 is 2.42 bits per heavy atom. The summed E-state index contributed by atoms with van der Waals surface area (Å²) in [6.45, 7) is 1.97. The van der Waals surface area contributed by atoms with Crippen molar-refractivity contribution in [3.63, 3.8) is 0 Å². The summed E-state index contributed by atoms with van der Waals surface area (Å²) in [7, 11) is 0. The number of thiophene rings is 1. The fourth-order valence-corrected chi connectivity index (χ4v) is 3.08. The van der Waals surface area contributed by atoms with Crippen molar-refractivity contribution in [2.75, 3.05) is 0 Å². The summed E-state index contributed by atoms with van der Waals surface area (Å²) in [5, 5.41) is 18.9. The molecule has 1 saturated carbocycles. The van der Waals surface area contributed by atoms with E-state index in [1.807, 2.05) is 12.3 Å². The molecule has 19 heavy (non-hydrogen) atoms. The van der Waals surface area contributed by atoms with Crippen LogP contribution in [0.4, 0.5) is 0 Å². The van der Waals surface area contributed by atoms with Crippen LogP contribution in [0.3, 0.4) is 0 Å². The van der Waals surface area contributed by atoms with Crippen molar-refractivity contribution >= 4 is 23.1 Å². The maximum Gasteiger partial charge on any atom is 0.234 e. The quantitative estimate of drug-likeness (QED) is 0.332. The molecule has 1 atom stereocenters. The summed E-state index contributed by atoms with van der Waals surface area (Å²) in [5.41, 5.74) is 6.09. The lowest BCUT2D eigenvalue weighted by molar-refractivity contribution is -0.131. The lowest BCUT2D eigenvalue weighted by atomic mass is 9.67. The molecule has 6 heteroatoms. The van der Waals surface area contributed by atoms with E-state index in [1.54, 1.807) is 11.3 Å². The average molecular weight is 281 g/mol. The van der Waals surface area contributed by atoms with Crippen LogP contribution in [0.15, 0.2) is 22.0 Å². The molecule has 1 aromatic rings. The standard InChI is InChI=1S/C13H19N3O2S/c1-9(7-10-3-6-19-8-10)15-12(17)13(4-2-5-13)11(14)16-18/h3,6,8-9,18H,2,4-5,7H2,1H3,(H2,14,16)(H,15,17). The Kier molecular flexibility index (Phi) is 4.09. The molecule has 1 fully saturated rings. The minimum Gasteiger partial charge on any atom is -0.409 e. The number of hydrogen-bond acceptors (Lipinski definition) is 4. The van der Waals surface area contributed by atoms with Crippen molar-refractivity contribution in [1.29, 1.82) is 0 Å². The van der Waals surface area contributed by atoms with E-state index in [2.05, 4.69) is 21.9 Å². The number of nitrogens with zero attached hydrogens (tertiary/aromatic N) is 1. The van der Waals surface area contributed by atoms with E-state index in [9.17, 15) is 4.79 Å². The molecule has 2 rings (SSSR count). The maximum absolute atomic E-state index is 12.3. The molecular formula is C13H19N3O2S. The molecule has 1 aliphatic carbocycles. The van der Waals surface area contributed by atoms with Crippen molar-refractivity contribution in [3.05, 3.63) is 22.4 Å². The van der Waals surface area contributed by atoms with Gasteiger partial charge in [-0.05, 0) is 48.6 Å². The van der Waals surface area contributed by atoms with Crippen molar-refractivity contribution in [2.24, 2.45) is 16.3 Å². The lowest BCUT2D eigenvalue weighted by Crippen LogP contribution is -2.55. The van der Waals surface area contributed by atoms with Crippen molar-refractivity contribution < 1.29 is 10.0 Å². The molecule has 104 valence electrons. The number of carbonyl (C=O) groups excluding carboxylic acids is 1. The summed E-state index contributed by atoms with van der Waals surface area (Å²) in [6.07, 6.45) is 3.03. The largest absolute Gasteiger partial charge is 0.409 e. The molecule has 0 aliphatic heterocycles. The zero-order valence-corrected chi connectivity index (χ0v) is 11.7. The zero-order valence-electron chi connectivity index (χ0n) is 10.9. The van der Waals surface area contributed by atoms with Gasteiger partial charge in [-0.3, -0.25) is 4.79 Å². The minimum atomic E-state index is -0.794. The normalized spacial score (nSPS) is 19.5. The van der Waals surface area contributed by atoms with Crippen LogP contribution in [0.2, 0.25) is 0 Å². The van der Waals surface area contributed by atoms with Crippen LogP contribution in [0, 0.1) is 5.41 Å². The third kappa shape index (κ3) is 2.73. The van der Waals surface area contributed by atoms with Crippen molar-refractivity contribution in [2.45, 2.75) is 38.6 Å². The molecular weight excluding hydrogens is 262 g/mol. The second-order valence-corrected chi connectivity index (χ2v) is 5.91. The smallest absolute Gasteiger partial charge is 0.234 e. The Balaban J connectivity index is 1.96. The molecule has 1 unspecified atom stereocenters. The van der Waals surface area contributed by atoms with Crippen LogP contribution < -0.4 is 11.1 Å². The number of rotatable bonds is 5. The summed E-state index contributed by atoms with van der Waals surface area (Å²) in [6, 6.07) is 2.08. The van der Waals surface area contributed by atoms with E-state index >= 15 is 0 Å². The Labute approximate surface area is 116 Å². The van der Waals surface area contributed by atoms with Crippen LogP contribution in [-0.2, 0) is 11.2 Å². The van der Waals surface area contributed by atoms with Crippen LogP contribution >= 0.6 is 11.3 Å². The second-order valence-electron chi connectivity index (χ2n) is 5.13. The Morgan fingerprint density at radius 3 is 2.89 bits per heavy atom. The van der Waals surface area contributed by atoms with Gasteiger partial charge in [0.1, 0.15) is 5.41 Å². The highest BCUT2D eigenvalue weighted by molar-refractivity contribution is 7.07. The average Bonchev–Trinajstić information content (AvgIpc) is 2.79. The number of hydrogen-bond donors (Lipinski definition) is 3. The topological polar surface area (TPSA) is 87.7 Å². The monoisotopic (exact) mass is 281 g/mol. The van der Waals surface area contributed by atoms with E-state index in [-0.39, 0.29) is 17.8 Å². The number of carbonyl (C=O) groups is 1. The molecule has 5 nitrogen and oxygen atoms in total. The second kappa shape index (κ2) is 5.61. The molecule has 0 aromatic carbocycles. The first-order valence-corrected chi connectivity index (χ1v) is 7.33. The first-order chi connectivity index (χ1) is 9.08. The van der Waals surface area contributed by atoms with Crippen molar-refractivity contribution in [3.8, 4) is 0 Å². The molecule has 1 aromatic heterocycles. The summed E-state index contributed by atoms with van der Waals surface area (Å²) in [4.78, 5) is 12.3. The lowest BCUT2D eigenvalue weighted by Gasteiger charge is -2.39. The SMILES string of the molecule is CC(Cc1ccsc1)NC(=O)C1(/C(N)=N/O)CCC1. The van der Waals surface area contributed by atoms with Gasteiger partial charge in [0.05, 0.1) is 0 Å². The Hall–Kier alpha value is -1.56. The van der Waals surface area contributed by atoms with Gasteiger partial charge in [0.15, 0.2) is 5.84 Å². The van der Waals surface area contributed by atoms with Gasteiger partial charge < -0.3 is 16.3 Å². The van der Waals surface area contributed by atoms with Gasteiger partial charge in [-0.1, -0.05) is 11.6 Å². The van der Waals surface area contributed by atoms with E-state index in [4.69, 9.17) is 10.9 Å². The molecule has 1 heterocycles. The molecule has 0 saturated heterocycles. The predicted molar refractivity (Wildman–Crippen MR) is 75.3 cm³/mol. The highest BCUT2D eigenvalue weighted by atomic mass is 32.1. The number of amidine groups is 1. The predicted octanol–water partition coefficient (Wildman–Crippen LogP) is 1.71. The molecule has 0 bridgehead atoms. The third-order valence-electron chi connectivity index (χ3n) is 3.74. The first-order valence-electron chi connectivity index (χ1n) is 6.38. The van der Waals surface area contributed by atoms with Gasteiger partial charge in [-0.15, -0.1) is 0 Å². The van der Waals surface area contributed by atoms with Gasteiger partial charge in [0.2, 0.25) is 5.91 Å². The highest BCUT2D eigenvalue weighted by Crippen LogP contribution is 2.41. The van der Waals surface area contributed by atoms with Gasteiger partial charge in [0.25, 0.3) is 0 Å². The minimum absolute atomic E-state index is 0.0268. The number of oxime groups is 1. The maximum atomic E-state index is 12.3. The fraction of sp³-hybridized carbons (Fsp3) is 0.538. The number of nitrogens with one attached hydrogen (secondary N) is 1. The van der Waals surface area contributed by atoms with Gasteiger partial charge in [-0.2, -0.15) is 11.3 Å². The summed E-state index contributed by atoms with van der Waals surface area (Å²) >= 11 is 1.65. The zero-order chi connectivity index (χ0) is 13.9. The summed E-state index contributed by atoms with van der Waals surface area (Å²) in [5.74, 6) is -0.101. The van der Waals surface area contributed by atoms with E-state index in [0.29, 0.717) is 12.8 Å². The van der Waals surface area contributed by atoms with Crippen LogP contribution in [0.25, 0.3) is 0 Å². The Morgan fingerprint density at radius 1 is 1.68 bits per heavy atom. The molecule has 1 amide bonds. The van der Waals surface area contributed by atoms with E-state index in [1.165, 1.54) is 5.56 Å².